The van der Waals surface area contributed by atoms with E-state index in [9.17, 15) is 19.5 Å². The van der Waals surface area contributed by atoms with Crippen molar-refractivity contribution in [3.8, 4) is 0 Å². The predicted molar refractivity (Wildman–Crippen MR) is 156 cm³/mol. The molecule has 2 spiro atoms. The molecule has 1 aliphatic carbocycles. The van der Waals surface area contributed by atoms with E-state index in [0.29, 0.717) is 19.6 Å². The summed E-state index contributed by atoms with van der Waals surface area (Å²) in [5, 5.41) is 13.7. The Morgan fingerprint density at radius 1 is 1.19 bits per heavy atom. The highest BCUT2D eigenvalue weighted by Crippen LogP contribution is 2.56. The number of hydrogen-bond donors (Lipinski definition) is 2. The first-order valence-electron chi connectivity index (χ1n) is 15.5. The monoisotopic (exact) mass is 602 g/mol. The van der Waals surface area contributed by atoms with Gasteiger partial charge in [-0.2, -0.15) is 0 Å². The topological polar surface area (TPSA) is 136 Å². The molecule has 5 rings (SSSR count). The number of hydrogen-bond acceptors (Lipinski definition) is 9. The molecule has 43 heavy (non-hydrogen) atoms. The van der Waals surface area contributed by atoms with Crippen molar-refractivity contribution in [1.29, 1.82) is 0 Å². The van der Waals surface area contributed by atoms with Gasteiger partial charge < -0.3 is 39.0 Å². The van der Waals surface area contributed by atoms with Gasteiger partial charge in [0, 0.05) is 25.6 Å². The number of allylic oxidation sites excluding steroid dienone is 2. The molecule has 2 N–H and O–H groups in total. The third kappa shape index (κ3) is 7.87. The summed E-state index contributed by atoms with van der Waals surface area (Å²) in [6, 6.07) is -0.118. The average Bonchev–Trinajstić information content (AvgIpc) is 3.88. The van der Waals surface area contributed by atoms with Crippen molar-refractivity contribution in [1.82, 2.24) is 10.2 Å². The lowest BCUT2D eigenvalue weighted by Gasteiger charge is -2.37. The standard InChI is InChI=1S/C32H46N2O9/c1-20(6-11-26-28(36)32(19-40-32)18-31(43-26)14-15-31)5-8-24-9-10-25(22(3)42-24)33-27(35)12-7-21(2)41-30(38)34-16-13-23(17-34)29(37)39-4/h5-7,11-12,21-26,28,36H,8-10,13-19H2,1-4H3,(H,33,35)/b11-6+,12-7-,20-5+/t21-,22+,23+,24-,25+,26?,28+,32+/m0/s1. The molecular weight excluding hydrogens is 556 g/mol. The van der Waals surface area contributed by atoms with Crippen molar-refractivity contribution in [3.63, 3.8) is 0 Å². The smallest absolute Gasteiger partial charge is 0.410 e. The highest BCUT2D eigenvalue weighted by atomic mass is 16.6. The van der Waals surface area contributed by atoms with Gasteiger partial charge in [-0.25, -0.2) is 4.79 Å². The highest BCUT2D eigenvalue weighted by Gasteiger charge is 2.66. The quantitative estimate of drug-likeness (QED) is 0.177. The zero-order chi connectivity index (χ0) is 30.8. The second-order valence-corrected chi connectivity index (χ2v) is 12.8. The molecule has 0 aromatic rings. The molecule has 0 radical (unpaired) electrons. The summed E-state index contributed by atoms with van der Waals surface area (Å²) < 4.78 is 28.2. The summed E-state index contributed by atoms with van der Waals surface area (Å²) in [5.74, 6) is -0.929. The van der Waals surface area contributed by atoms with Gasteiger partial charge in [0.25, 0.3) is 0 Å². The molecule has 4 saturated heterocycles. The number of aliphatic hydroxyl groups excluding tert-OH is 1. The number of ether oxygens (including phenoxy) is 5. The van der Waals surface area contributed by atoms with Gasteiger partial charge >= 0.3 is 12.1 Å². The average molecular weight is 603 g/mol. The van der Waals surface area contributed by atoms with Crippen LogP contribution in [-0.4, -0.2) is 103 Å². The molecular formula is C32H46N2O9. The summed E-state index contributed by atoms with van der Waals surface area (Å²) >= 11 is 0. The summed E-state index contributed by atoms with van der Waals surface area (Å²) in [5.41, 5.74) is 0.565. The molecule has 0 bridgehead atoms. The van der Waals surface area contributed by atoms with Gasteiger partial charge in [-0.3, -0.25) is 9.59 Å². The Kier molecular flexibility index (Phi) is 9.65. The summed E-state index contributed by atoms with van der Waals surface area (Å²) in [6.07, 6.45) is 12.6. The molecule has 238 valence electrons. The van der Waals surface area contributed by atoms with Crippen LogP contribution in [0.5, 0.6) is 0 Å². The van der Waals surface area contributed by atoms with Crippen molar-refractivity contribution in [2.75, 3.05) is 26.8 Å². The number of esters is 1. The number of epoxide rings is 1. The number of nitrogens with zero attached hydrogens (tertiary/aromatic N) is 1. The van der Waals surface area contributed by atoms with E-state index in [1.165, 1.54) is 18.1 Å². The van der Waals surface area contributed by atoms with E-state index in [0.717, 1.165) is 44.1 Å². The number of amides is 2. The molecule has 0 aromatic carbocycles. The SMILES string of the molecule is COC(=O)[C@@H]1CCN(C(=O)O[C@@H](C)/C=C\C(=O)N[C@@H]2CC[C@H](C/C=C(C)/C=C/C3OC4(CC4)C[C@@]4(CO4)[C@@H]3O)O[C@@H]2C)C1. The molecule has 2 amide bonds. The third-order valence-corrected chi connectivity index (χ3v) is 9.32. The van der Waals surface area contributed by atoms with Crippen molar-refractivity contribution in [3.05, 3.63) is 36.0 Å². The minimum absolute atomic E-state index is 0.0558. The number of carbonyl (C=O) groups is 3. The van der Waals surface area contributed by atoms with E-state index < -0.39 is 23.9 Å². The van der Waals surface area contributed by atoms with Gasteiger partial charge in [-0.1, -0.05) is 23.8 Å². The van der Waals surface area contributed by atoms with Crippen LogP contribution in [0.4, 0.5) is 4.79 Å². The van der Waals surface area contributed by atoms with E-state index >= 15 is 0 Å². The molecule has 4 heterocycles. The van der Waals surface area contributed by atoms with Gasteiger partial charge in [0.1, 0.15) is 23.9 Å². The first-order chi connectivity index (χ1) is 20.5. The van der Waals surface area contributed by atoms with E-state index in [1.54, 1.807) is 13.0 Å². The molecule has 4 aliphatic heterocycles. The largest absolute Gasteiger partial charge is 0.469 e. The third-order valence-electron chi connectivity index (χ3n) is 9.32. The maximum Gasteiger partial charge on any atom is 0.410 e. The van der Waals surface area contributed by atoms with Crippen LogP contribution in [0.1, 0.15) is 65.7 Å². The lowest BCUT2D eigenvalue weighted by Crippen LogP contribution is -2.50. The molecule has 5 fully saturated rings. The molecule has 8 atom stereocenters. The fraction of sp³-hybridized carbons (Fsp3) is 0.719. The van der Waals surface area contributed by atoms with Gasteiger partial charge in [0.2, 0.25) is 5.91 Å². The van der Waals surface area contributed by atoms with E-state index in [2.05, 4.69) is 11.4 Å². The maximum absolute atomic E-state index is 12.6. The van der Waals surface area contributed by atoms with Crippen LogP contribution in [0.15, 0.2) is 36.0 Å². The van der Waals surface area contributed by atoms with Crippen molar-refractivity contribution in [2.45, 2.75) is 113 Å². The zero-order valence-electron chi connectivity index (χ0n) is 25.7. The normalized spacial score (nSPS) is 35.8. The van der Waals surface area contributed by atoms with Gasteiger partial charge in [-0.15, -0.1) is 0 Å². The fourth-order valence-corrected chi connectivity index (χ4v) is 6.36. The van der Waals surface area contributed by atoms with Crippen molar-refractivity contribution >= 4 is 18.0 Å². The molecule has 1 saturated carbocycles. The van der Waals surface area contributed by atoms with Gasteiger partial charge in [0.05, 0.1) is 43.5 Å². The van der Waals surface area contributed by atoms with Crippen LogP contribution >= 0.6 is 0 Å². The summed E-state index contributed by atoms with van der Waals surface area (Å²) in [4.78, 5) is 38.1. The maximum atomic E-state index is 12.6. The van der Waals surface area contributed by atoms with Crippen molar-refractivity contribution in [2.24, 2.45) is 5.92 Å². The molecule has 0 aromatic heterocycles. The Morgan fingerprint density at radius 3 is 2.63 bits per heavy atom. The number of carbonyl (C=O) groups excluding carboxylic acids is 3. The Morgan fingerprint density at radius 2 is 1.95 bits per heavy atom. The van der Waals surface area contributed by atoms with Gasteiger partial charge in [-0.05, 0) is 65.4 Å². The van der Waals surface area contributed by atoms with Crippen LogP contribution in [0, 0.1) is 5.92 Å². The van der Waals surface area contributed by atoms with Gasteiger partial charge in [0.15, 0.2) is 0 Å². The second-order valence-electron chi connectivity index (χ2n) is 12.8. The van der Waals surface area contributed by atoms with Crippen molar-refractivity contribution < 1.29 is 43.2 Å². The lowest BCUT2D eigenvalue weighted by molar-refractivity contribution is -0.145. The summed E-state index contributed by atoms with van der Waals surface area (Å²) in [6.45, 7) is 6.99. The number of aliphatic hydroxyl groups is 1. The number of rotatable bonds is 9. The van der Waals surface area contributed by atoms with Crippen LogP contribution in [0.25, 0.3) is 0 Å². The molecule has 5 aliphatic rings. The zero-order valence-corrected chi connectivity index (χ0v) is 25.7. The van der Waals surface area contributed by atoms with E-state index in [1.807, 2.05) is 26.0 Å². The minimum Gasteiger partial charge on any atom is -0.469 e. The Hall–Kier alpha value is -2.73. The Labute approximate surface area is 253 Å². The highest BCUT2D eigenvalue weighted by molar-refractivity contribution is 5.87. The van der Waals surface area contributed by atoms with E-state index in [-0.39, 0.29) is 54.3 Å². The first kappa shape index (κ1) is 31.7. The minimum atomic E-state index is -0.636. The molecule has 11 heteroatoms. The van der Waals surface area contributed by atoms with Crippen LogP contribution in [0.3, 0.4) is 0 Å². The summed E-state index contributed by atoms with van der Waals surface area (Å²) in [7, 11) is 1.33. The Balaban J connectivity index is 1.01. The molecule has 11 nitrogen and oxygen atoms in total. The Bertz CT molecular complexity index is 1140. The van der Waals surface area contributed by atoms with Crippen LogP contribution < -0.4 is 5.32 Å². The first-order valence-corrected chi connectivity index (χ1v) is 15.5. The second kappa shape index (κ2) is 13.1. The number of nitrogens with one attached hydrogen (secondary N) is 1. The lowest BCUT2D eigenvalue weighted by atomic mass is 9.87. The fourth-order valence-electron chi connectivity index (χ4n) is 6.36. The van der Waals surface area contributed by atoms with Crippen LogP contribution in [-0.2, 0) is 33.3 Å². The molecule has 1 unspecified atom stereocenters. The number of methoxy groups -OCH3 is 1. The number of likely N-dealkylation sites (tertiary alicyclic amines) is 1. The van der Waals surface area contributed by atoms with Crippen LogP contribution in [0.2, 0.25) is 0 Å². The predicted octanol–water partition coefficient (Wildman–Crippen LogP) is 2.96. The van der Waals surface area contributed by atoms with E-state index in [4.69, 9.17) is 23.7 Å².